The van der Waals surface area contributed by atoms with Crippen LogP contribution in [0.1, 0.15) is 20.8 Å². The molecular weight excluding hydrogens is 226 g/mol. The molecule has 1 unspecified atom stereocenters. The molecule has 94 valence electrons. The van der Waals surface area contributed by atoms with Crippen LogP contribution >= 0.6 is 11.8 Å². The lowest BCUT2D eigenvalue weighted by molar-refractivity contribution is -0.144. The molecule has 0 aliphatic carbocycles. The molecule has 0 saturated carbocycles. The Labute approximate surface area is 101 Å². The number of rotatable bonds is 7. The summed E-state index contributed by atoms with van der Waals surface area (Å²) in [6.45, 7) is 5.96. The van der Waals surface area contributed by atoms with Gasteiger partial charge in [0.1, 0.15) is 5.54 Å². The van der Waals surface area contributed by atoms with Gasteiger partial charge in [-0.2, -0.15) is 11.8 Å². The fourth-order valence-electron chi connectivity index (χ4n) is 1.00. The van der Waals surface area contributed by atoms with Gasteiger partial charge >= 0.3 is 5.97 Å². The highest BCUT2D eigenvalue weighted by Gasteiger charge is 2.37. The van der Waals surface area contributed by atoms with Crippen molar-refractivity contribution in [3.63, 3.8) is 0 Å². The average molecular weight is 247 g/mol. The van der Waals surface area contributed by atoms with E-state index in [2.05, 4.69) is 4.99 Å². The minimum atomic E-state index is -1.16. The number of nitrogens with zero attached hydrogens (tertiary/aromatic N) is 1. The second-order valence-electron chi connectivity index (χ2n) is 4.08. The molecule has 0 aromatic rings. The Bertz CT molecular complexity index is 265. The van der Waals surface area contributed by atoms with Gasteiger partial charge in [0.15, 0.2) is 0 Å². The Balaban J connectivity index is 4.06. The summed E-state index contributed by atoms with van der Waals surface area (Å²) >= 11 is 1.49. The fourth-order valence-corrected chi connectivity index (χ4v) is 2.16. The molecule has 0 rings (SSSR count). The van der Waals surface area contributed by atoms with Crippen molar-refractivity contribution in [3.05, 3.63) is 0 Å². The highest BCUT2D eigenvalue weighted by Crippen LogP contribution is 2.20. The molecule has 0 heterocycles. The van der Waals surface area contributed by atoms with Crippen molar-refractivity contribution in [3.8, 4) is 0 Å². The number of hydrogen-bond acceptors (Lipinski definition) is 4. The number of aliphatic carboxylic acids is 1. The smallest absolute Gasteiger partial charge is 0.324 e. The third-order valence-electron chi connectivity index (χ3n) is 2.37. The summed E-state index contributed by atoms with van der Waals surface area (Å²) < 4.78 is 0. The number of thioether (sulfide) groups is 1. The largest absolute Gasteiger partial charge is 0.480 e. The highest BCUT2D eigenvalue weighted by atomic mass is 32.2. The number of carboxylic acid groups (broad SMARTS) is 1. The summed E-state index contributed by atoms with van der Waals surface area (Å²) in [4.78, 5) is 15.1. The lowest BCUT2D eigenvalue weighted by Gasteiger charge is -2.28. The van der Waals surface area contributed by atoms with Gasteiger partial charge in [-0.1, -0.05) is 13.8 Å². The van der Waals surface area contributed by atoms with E-state index in [1.54, 1.807) is 6.92 Å². The summed E-state index contributed by atoms with van der Waals surface area (Å²) in [5.41, 5.74) is 10.1. The maximum atomic E-state index is 11.0. The SMILES string of the molecule is CC(N)=NCCSCC(N)(C(=O)O)C(C)C. The van der Waals surface area contributed by atoms with E-state index in [0.717, 1.165) is 5.75 Å². The monoisotopic (exact) mass is 247 g/mol. The molecule has 5 N–H and O–H groups in total. The van der Waals surface area contributed by atoms with Crippen LogP contribution in [0.3, 0.4) is 0 Å². The van der Waals surface area contributed by atoms with Crippen molar-refractivity contribution in [1.29, 1.82) is 0 Å². The van der Waals surface area contributed by atoms with Gasteiger partial charge in [0, 0.05) is 18.1 Å². The van der Waals surface area contributed by atoms with E-state index in [4.69, 9.17) is 16.6 Å². The fraction of sp³-hybridized carbons (Fsp3) is 0.800. The highest BCUT2D eigenvalue weighted by molar-refractivity contribution is 7.99. The van der Waals surface area contributed by atoms with Gasteiger partial charge in [0.05, 0.1) is 5.84 Å². The number of amidine groups is 1. The van der Waals surface area contributed by atoms with E-state index in [1.165, 1.54) is 11.8 Å². The first-order valence-corrected chi connectivity index (χ1v) is 6.32. The van der Waals surface area contributed by atoms with Crippen LogP contribution in [0.2, 0.25) is 0 Å². The first kappa shape index (κ1) is 15.2. The standard InChI is InChI=1S/C10H21N3O2S/c1-7(2)10(12,9(14)15)6-16-5-4-13-8(3)11/h7H,4-6,12H2,1-3H3,(H2,11,13)(H,14,15). The topological polar surface area (TPSA) is 102 Å². The second kappa shape index (κ2) is 6.75. The lowest BCUT2D eigenvalue weighted by atomic mass is 9.90. The summed E-state index contributed by atoms with van der Waals surface area (Å²) in [6, 6.07) is 0. The molecule has 0 bridgehead atoms. The maximum Gasteiger partial charge on any atom is 0.324 e. The molecule has 6 heteroatoms. The van der Waals surface area contributed by atoms with E-state index in [-0.39, 0.29) is 5.92 Å². The van der Waals surface area contributed by atoms with Gasteiger partial charge in [0.25, 0.3) is 0 Å². The third kappa shape index (κ3) is 4.85. The zero-order chi connectivity index (χ0) is 12.8. The van der Waals surface area contributed by atoms with E-state index in [1.807, 2.05) is 13.8 Å². The molecule has 0 aromatic carbocycles. The minimum Gasteiger partial charge on any atom is -0.480 e. The molecule has 1 atom stereocenters. The number of nitrogens with two attached hydrogens (primary N) is 2. The molecule has 0 fully saturated rings. The van der Waals surface area contributed by atoms with Crippen LogP contribution < -0.4 is 11.5 Å². The lowest BCUT2D eigenvalue weighted by Crippen LogP contribution is -2.54. The number of hydrogen-bond donors (Lipinski definition) is 3. The molecule has 16 heavy (non-hydrogen) atoms. The Morgan fingerprint density at radius 3 is 2.50 bits per heavy atom. The molecular formula is C10H21N3O2S. The summed E-state index contributed by atoms with van der Waals surface area (Å²) in [5, 5.41) is 9.06. The average Bonchev–Trinajstić information content (AvgIpc) is 2.15. The third-order valence-corrected chi connectivity index (χ3v) is 3.52. The Morgan fingerprint density at radius 1 is 1.56 bits per heavy atom. The van der Waals surface area contributed by atoms with Gasteiger partial charge in [-0.15, -0.1) is 0 Å². The first-order chi connectivity index (χ1) is 7.30. The molecule has 0 spiro atoms. The van der Waals surface area contributed by atoms with Crippen molar-refractivity contribution >= 4 is 23.6 Å². The molecule has 0 aromatic heterocycles. The van der Waals surface area contributed by atoms with E-state index in [9.17, 15) is 4.79 Å². The predicted molar refractivity (Wildman–Crippen MR) is 68.9 cm³/mol. The molecule has 5 nitrogen and oxygen atoms in total. The van der Waals surface area contributed by atoms with E-state index < -0.39 is 11.5 Å². The van der Waals surface area contributed by atoms with Gasteiger partial charge in [-0.25, -0.2) is 0 Å². The molecule has 0 saturated heterocycles. The number of carboxylic acids is 1. The molecule has 0 amide bonds. The molecule has 0 aliphatic rings. The first-order valence-electron chi connectivity index (χ1n) is 5.17. The van der Waals surface area contributed by atoms with Crippen LogP contribution in [-0.4, -0.2) is 40.5 Å². The van der Waals surface area contributed by atoms with Crippen molar-refractivity contribution < 1.29 is 9.90 Å². The second-order valence-corrected chi connectivity index (χ2v) is 5.18. The molecule has 0 radical (unpaired) electrons. The van der Waals surface area contributed by atoms with Crippen molar-refractivity contribution in [2.24, 2.45) is 22.4 Å². The minimum absolute atomic E-state index is 0.0998. The Kier molecular flexibility index (Phi) is 6.43. The van der Waals surface area contributed by atoms with Crippen LogP contribution in [0.25, 0.3) is 0 Å². The number of carbonyl (C=O) groups is 1. The van der Waals surface area contributed by atoms with Gasteiger partial charge < -0.3 is 16.6 Å². The number of aliphatic imine (C=N–C) groups is 1. The molecule has 0 aliphatic heterocycles. The van der Waals surface area contributed by atoms with E-state index >= 15 is 0 Å². The van der Waals surface area contributed by atoms with Crippen molar-refractivity contribution in [1.82, 2.24) is 0 Å². The van der Waals surface area contributed by atoms with Crippen molar-refractivity contribution in [2.75, 3.05) is 18.1 Å². The summed E-state index contributed by atoms with van der Waals surface area (Å²) in [6.07, 6.45) is 0. The zero-order valence-corrected chi connectivity index (χ0v) is 10.9. The van der Waals surface area contributed by atoms with E-state index in [0.29, 0.717) is 18.1 Å². The predicted octanol–water partition coefficient (Wildman–Crippen LogP) is 0.535. The summed E-state index contributed by atoms with van der Waals surface area (Å²) in [5.74, 6) is 0.611. The van der Waals surface area contributed by atoms with Crippen LogP contribution in [0.5, 0.6) is 0 Å². The summed E-state index contributed by atoms with van der Waals surface area (Å²) in [7, 11) is 0. The quantitative estimate of drug-likeness (QED) is 0.346. The van der Waals surface area contributed by atoms with Crippen LogP contribution in [0, 0.1) is 5.92 Å². The van der Waals surface area contributed by atoms with Crippen LogP contribution in [0.15, 0.2) is 4.99 Å². The van der Waals surface area contributed by atoms with Gasteiger partial charge in [-0.05, 0) is 12.8 Å². The normalized spacial score (nSPS) is 16.2. The van der Waals surface area contributed by atoms with Crippen LogP contribution in [0.4, 0.5) is 0 Å². The zero-order valence-electron chi connectivity index (χ0n) is 10.1. The Morgan fingerprint density at radius 2 is 2.12 bits per heavy atom. The Hall–Kier alpha value is -0.750. The maximum absolute atomic E-state index is 11.0. The van der Waals surface area contributed by atoms with Crippen molar-refractivity contribution in [2.45, 2.75) is 26.3 Å². The van der Waals surface area contributed by atoms with Crippen LogP contribution in [-0.2, 0) is 4.79 Å². The van der Waals surface area contributed by atoms with Gasteiger partial charge in [0.2, 0.25) is 0 Å². The van der Waals surface area contributed by atoms with Gasteiger partial charge in [-0.3, -0.25) is 9.79 Å².